The van der Waals surface area contributed by atoms with E-state index < -0.39 is 37.3 Å². The molecule has 5 rings (SSSR count). The summed E-state index contributed by atoms with van der Waals surface area (Å²) in [5, 5.41) is 51.0. The largest absolute Gasteiger partial charge is 0.481 e. The van der Waals surface area contributed by atoms with E-state index in [-0.39, 0.29) is 0 Å². The van der Waals surface area contributed by atoms with E-state index in [1.165, 1.54) is 4.68 Å². The predicted molar refractivity (Wildman–Crippen MR) is 151 cm³/mol. The first-order valence-electron chi connectivity index (χ1n) is 13.6. The number of rotatable bonds is 11. The maximum Gasteiger partial charge on any atom is 0.220 e. The van der Waals surface area contributed by atoms with Gasteiger partial charge in [-0.05, 0) is 35.2 Å². The minimum Gasteiger partial charge on any atom is -0.481 e. The van der Waals surface area contributed by atoms with Gasteiger partial charge in [-0.1, -0.05) is 53.7 Å². The fourth-order valence-electron chi connectivity index (χ4n) is 4.91. The van der Waals surface area contributed by atoms with Crippen LogP contribution in [0.3, 0.4) is 0 Å². The molecular formula is C30H35N5O7. The van der Waals surface area contributed by atoms with E-state index in [9.17, 15) is 20.4 Å². The Morgan fingerprint density at radius 1 is 0.929 bits per heavy atom. The Morgan fingerprint density at radius 2 is 1.74 bits per heavy atom. The topological polar surface area (TPSA) is 164 Å². The normalized spacial score (nSPS) is 22.2. The second kappa shape index (κ2) is 13.4. The van der Waals surface area contributed by atoms with E-state index in [1.807, 2.05) is 36.4 Å². The predicted octanol–water partition coefficient (Wildman–Crippen LogP) is 1.50. The lowest BCUT2D eigenvalue weighted by Gasteiger charge is -2.39. The molecule has 0 amide bonds. The van der Waals surface area contributed by atoms with Gasteiger partial charge in [0.2, 0.25) is 11.8 Å². The Labute approximate surface area is 243 Å². The number of pyridine rings is 1. The minimum atomic E-state index is -1.50. The fourth-order valence-corrected chi connectivity index (χ4v) is 4.91. The van der Waals surface area contributed by atoms with Crippen molar-refractivity contribution in [1.82, 2.24) is 25.3 Å². The summed E-state index contributed by atoms with van der Waals surface area (Å²) in [6, 6.07) is 20.1. The van der Waals surface area contributed by atoms with Crippen molar-refractivity contribution in [1.29, 1.82) is 0 Å². The van der Waals surface area contributed by atoms with E-state index in [0.717, 1.165) is 27.8 Å². The maximum atomic E-state index is 10.3. The van der Waals surface area contributed by atoms with Crippen LogP contribution in [0.15, 0.2) is 66.9 Å². The highest BCUT2D eigenvalue weighted by atomic mass is 16.6. The second-order valence-corrected chi connectivity index (χ2v) is 10.1. The first kappa shape index (κ1) is 29.6. The van der Waals surface area contributed by atoms with Crippen LogP contribution < -0.4 is 14.8 Å². The van der Waals surface area contributed by atoms with Gasteiger partial charge in [0.15, 0.2) is 6.23 Å². The highest BCUT2D eigenvalue weighted by molar-refractivity contribution is 5.68. The zero-order chi connectivity index (χ0) is 29.6. The molecule has 1 aliphatic heterocycles. The summed E-state index contributed by atoms with van der Waals surface area (Å²) in [4.78, 5) is 4.52. The third-order valence-corrected chi connectivity index (χ3v) is 7.32. The number of aromatic nitrogens is 4. The van der Waals surface area contributed by atoms with Crippen LogP contribution >= 0.6 is 0 Å². The highest BCUT2D eigenvalue weighted by Gasteiger charge is 2.44. The molecule has 5 N–H and O–H groups in total. The van der Waals surface area contributed by atoms with Crippen LogP contribution in [0.2, 0.25) is 0 Å². The molecule has 0 saturated carbocycles. The second-order valence-electron chi connectivity index (χ2n) is 10.1. The van der Waals surface area contributed by atoms with Gasteiger partial charge in [-0.2, -0.15) is 4.98 Å². The van der Waals surface area contributed by atoms with Gasteiger partial charge in [0.1, 0.15) is 31.0 Å². The molecule has 3 heterocycles. The summed E-state index contributed by atoms with van der Waals surface area (Å²) >= 11 is 0. The molecule has 0 spiro atoms. The molecule has 1 aliphatic rings. The van der Waals surface area contributed by atoms with Gasteiger partial charge in [-0.15, -0.1) is 5.10 Å². The Balaban J connectivity index is 1.17. The number of hydrogen-bond donors (Lipinski definition) is 5. The average molecular weight is 578 g/mol. The van der Waals surface area contributed by atoms with Crippen LogP contribution in [0, 0.1) is 6.92 Å². The molecule has 0 bridgehead atoms. The summed E-state index contributed by atoms with van der Waals surface area (Å²) in [5.41, 5.74) is 5.90. The number of aliphatic hydroxyl groups excluding tert-OH is 4. The van der Waals surface area contributed by atoms with Crippen molar-refractivity contribution in [3.63, 3.8) is 0 Å². The number of methoxy groups -OCH3 is 1. The van der Waals surface area contributed by atoms with Crippen molar-refractivity contribution in [3.05, 3.63) is 89.2 Å². The molecule has 5 atom stereocenters. The van der Waals surface area contributed by atoms with Crippen LogP contribution in [0.25, 0.3) is 11.1 Å². The molecule has 2 aromatic heterocycles. The van der Waals surface area contributed by atoms with Crippen LogP contribution in [0.4, 0.5) is 0 Å². The molecular weight excluding hydrogens is 542 g/mol. The molecule has 2 aromatic carbocycles. The molecule has 4 aromatic rings. The van der Waals surface area contributed by atoms with Crippen molar-refractivity contribution < 1.29 is 34.6 Å². The summed E-state index contributed by atoms with van der Waals surface area (Å²) in [6.45, 7) is 2.68. The van der Waals surface area contributed by atoms with Crippen LogP contribution in [0.5, 0.6) is 11.8 Å². The van der Waals surface area contributed by atoms with Crippen LogP contribution in [-0.2, 0) is 24.4 Å². The summed E-state index contributed by atoms with van der Waals surface area (Å²) in [5.74, 6) is 0.877. The van der Waals surface area contributed by atoms with Crippen molar-refractivity contribution >= 4 is 0 Å². The molecule has 42 heavy (non-hydrogen) atoms. The zero-order valence-electron chi connectivity index (χ0n) is 23.4. The lowest BCUT2D eigenvalue weighted by molar-refractivity contribution is -0.254. The SMILES string of the molecule is COc1nc(OCc2cccc(-c3ccccc3)c2C)ccc1CNCc1cn([C@@H]2O[C@H](CO)[C@@H](O)[C@H](O)[C@H]2O)nn1. The zero-order valence-corrected chi connectivity index (χ0v) is 23.4. The Bertz CT molecular complexity index is 1470. The number of nitrogens with one attached hydrogen (secondary N) is 1. The van der Waals surface area contributed by atoms with Gasteiger partial charge in [0, 0.05) is 24.7 Å². The maximum absolute atomic E-state index is 10.3. The lowest BCUT2D eigenvalue weighted by Crippen LogP contribution is -2.56. The highest BCUT2D eigenvalue weighted by Crippen LogP contribution is 2.29. The lowest BCUT2D eigenvalue weighted by atomic mass is 9.97. The smallest absolute Gasteiger partial charge is 0.220 e. The molecule has 0 radical (unpaired) electrons. The third kappa shape index (κ3) is 6.44. The van der Waals surface area contributed by atoms with Gasteiger partial charge in [0.25, 0.3) is 0 Å². The Morgan fingerprint density at radius 3 is 2.50 bits per heavy atom. The van der Waals surface area contributed by atoms with Gasteiger partial charge in [-0.25, -0.2) is 4.68 Å². The summed E-state index contributed by atoms with van der Waals surface area (Å²) in [7, 11) is 1.55. The Hall–Kier alpha value is -3.91. The fraction of sp³-hybridized carbons (Fsp3) is 0.367. The van der Waals surface area contributed by atoms with E-state index in [2.05, 4.69) is 45.7 Å². The standard InChI is InChI=1S/C30H35N5O7/c1-18-21(9-6-10-23(18)19-7-4-3-5-8-19)17-41-25-12-11-20(29(32-25)40-2)13-31-14-22-15-35(34-33-22)30-28(39)27(38)26(37)24(16-36)42-30/h3-12,15,24,26-28,30-31,36-39H,13-14,16-17H2,1-2H3/t24-,26-,27+,28-,30-/m1/s1. The van der Waals surface area contributed by atoms with Gasteiger partial charge < -0.3 is 40.0 Å². The average Bonchev–Trinajstić information content (AvgIpc) is 3.49. The number of aliphatic hydroxyl groups is 4. The molecule has 0 aliphatic carbocycles. The van der Waals surface area contributed by atoms with E-state index in [4.69, 9.17) is 14.2 Å². The third-order valence-electron chi connectivity index (χ3n) is 7.32. The molecule has 1 saturated heterocycles. The Kier molecular flexibility index (Phi) is 9.42. The van der Waals surface area contributed by atoms with Crippen LogP contribution in [-0.4, -0.2) is 78.5 Å². The number of benzene rings is 2. The monoisotopic (exact) mass is 577 g/mol. The number of ether oxygens (including phenoxy) is 3. The van der Waals surface area contributed by atoms with Crippen molar-refractivity contribution in [3.8, 4) is 22.9 Å². The van der Waals surface area contributed by atoms with E-state index >= 15 is 0 Å². The first-order chi connectivity index (χ1) is 20.4. The van der Waals surface area contributed by atoms with Gasteiger partial charge in [0.05, 0.1) is 25.6 Å². The molecule has 1 fully saturated rings. The van der Waals surface area contributed by atoms with Crippen LogP contribution in [0.1, 0.15) is 28.6 Å². The number of hydrogen-bond acceptors (Lipinski definition) is 11. The van der Waals surface area contributed by atoms with Gasteiger partial charge in [-0.3, -0.25) is 0 Å². The van der Waals surface area contributed by atoms with Crippen molar-refractivity contribution in [2.24, 2.45) is 0 Å². The van der Waals surface area contributed by atoms with Crippen molar-refractivity contribution in [2.45, 2.75) is 57.3 Å². The summed E-state index contributed by atoms with van der Waals surface area (Å²) < 4.78 is 18.3. The minimum absolute atomic E-state index is 0.329. The molecule has 12 nitrogen and oxygen atoms in total. The van der Waals surface area contributed by atoms with E-state index in [0.29, 0.717) is 37.2 Å². The van der Waals surface area contributed by atoms with Crippen molar-refractivity contribution in [2.75, 3.05) is 13.7 Å². The number of nitrogens with zero attached hydrogens (tertiary/aromatic N) is 4. The van der Waals surface area contributed by atoms with E-state index in [1.54, 1.807) is 19.4 Å². The quantitative estimate of drug-likeness (QED) is 0.175. The summed E-state index contributed by atoms with van der Waals surface area (Å²) in [6.07, 6.45) is -4.97. The molecule has 12 heteroatoms. The van der Waals surface area contributed by atoms with Gasteiger partial charge >= 0.3 is 0 Å². The molecule has 222 valence electrons. The first-order valence-corrected chi connectivity index (χ1v) is 13.6. The molecule has 0 unspecified atom stereocenters.